The van der Waals surface area contributed by atoms with Crippen molar-refractivity contribution in [2.75, 3.05) is 11.9 Å². The normalized spacial score (nSPS) is 12.9. The molecule has 0 saturated heterocycles. The minimum absolute atomic E-state index is 0.214. The highest BCUT2D eigenvalue weighted by atomic mass is 19.4. The van der Waals surface area contributed by atoms with Gasteiger partial charge in [-0.15, -0.1) is 0 Å². The molecule has 0 unspecified atom stereocenters. The fraction of sp³-hybridized carbons (Fsp3) is 0.400. The number of benzene rings is 1. The largest absolute Gasteiger partial charge is 0.402 e. The molecule has 1 rings (SSSR count). The summed E-state index contributed by atoms with van der Waals surface area (Å²) in [6, 6.07) is 7.42. The number of alkyl halides is 6. The summed E-state index contributed by atoms with van der Waals surface area (Å²) in [6.45, 7) is -1.23. The molecule has 0 aliphatic heterocycles. The van der Waals surface area contributed by atoms with Crippen LogP contribution in [0, 0.1) is 5.92 Å². The minimum atomic E-state index is -5.31. The second-order valence-electron chi connectivity index (χ2n) is 3.38. The van der Waals surface area contributed by atoms with Crippen LogP contribution in [-0.2, 0) is 0 Å². The first-order chi connectivity index (χ1) is 7.71. The van der Waals surface area contributed by atoms with E-state index in [1.165, 1.54) is 24.3 Å². The molecule has 17 heavy (non-hydrogen) atoms. The van der Waals surface area contributed by atoms with Crippen LogP contribution in [0.5, 0.6) is 0 Å². The zero-order valence-electron chi connectivity index (χ0n) is 8.44. The summed E-state index contributed by atoms with van der Waals surface area (Å²) in [7, 11) is 0. The quantitative estimate of drug-likeness (QED) is 0.811. The molecule has 7 heteroatoms. The maximum Gasteiger partial charge on any atom is 0.402 e. The summed E-state index contributed by atoms with van der Waals surface area (Å²) in [5.41, 5.74) is 0.214. The van der Waals surface area contributed by atoms with Crippen molar-refractivity contribution >= 4 is 5.69 Å². The smallest absolute Gasteiger partial charge is 0.384 e. The zero-order valence-corrected chi connectivity index (χ0v) is 8.44. The average Bonchev–Trinajstić information content (AvgIpc) is 2.15. The Kier molecular flexibility index (Phi) is 3.90. The molecular weight excluding hydrogens is 248 g/mol. The van der Waals surface area contributed by atoms with Gasteiger partial charge in [0.1, 0.15) is 0 Å². The van der Waals surface area contributed by atoms with E-state index in [-0.39, 0.29) is 5.69 Å². The van der Waals surface area contributed by atoms with Crippen molar-refractivity contribution in [1.82, 2.24) is 0 Å². The van der Waals surface area contributed by atoms with Crippen LogP contribution in [-0.4, -0.2) is 18.9 Å². The molecule has 0 spiro atoms. The molecule has 1 nitrogen and oxygen atoms in total. The monoisotopic (exact) mass is 257 g/mol. The van der Waals surface area contributed by atoms with Gasteiger partial charge in [-0.2, -0.15) is 26.3 Å². The fourth-order valence-electron chi connectivity index (χ4n) is 1.19. The molecule has 0 aromatic heterocycles. The van der Waals surface area contributed by atoms with E-state index >= 15 is 0 Å². The lowest BCUT2D eigenvalue weighted by Gasteiger charge is -2.23. The highest BCUT2D eigenvalue weighted by Gasteiger charge is 2.56. The third-order valence-corrected chi connectivity index (χ3v) is 2.07. The molecule has 0 aliphatic carbocycles. The molecule has 0 heterocycles. The molecule has 1 N–H and O–H groups in total. The number of anilines is 1. The van der Waals surface area contributed by atoms with Crippen LogP contribution in [0.2, 0.25) is 0 Å². The van der Waals surface area contributed by atoms with Gasteiger partial charge < -0.3 is 5.32 Å². The van der Waals surface area contributed by atoms with E-state index < -0.39 is 24.8 Å². The van der Waals surface area contributed by atoms with Crippen molar-refractivity contribution in [3.05, 3.63) is 30.3 Å². The first-order valence-corrected chi connectivity index (χ1v) is 4.63. The third kappa shape index (κ3) is 4.16. The molecule has 0 saturated carbocycles. The van der Waals surface area contributed by atoms with E-state index in [0.717, 1.165) is 0 Å². The van der Waals surface area contributed by atoms with E-state index in [1.54, 1.807) is 6.07 Å². The summed E-state index contributed by atoms with van der Waals surface area (Å²) in [5, 5.41) is 2.12. The highest BCUT2D eigenvalue weighted by Crippen LogP contribution is 2.39. The summed E-state index contributed by atoms with van der Waals surface area (Å²) < 4.78 is 73.0. The molecule has 0 fully saturated rings. The molecule has 1 aromatic rings. The number of para-hydroxylation sites is 1. The van der Waals surface area contributed by atoms with Crippen LogP contribution >= 0.6 is 0 Å². The first-order valence-electron chi connectivity index (χ1n) is 4.63. The summed E-state index contributed by atoms with van der Waals surface area (Å²) in [4.78, 5) is 0. The SMILES string of the molecule is FC(F)(F)C(CNc1ccccc1)C(F)(F)F. The average molecular weight is 257 g/mol. The van der Waals surface area contributed by atoms with Crippen molar-refractivity contribution in [3.63, 3.8) is 0 Å². The Morgan fingerprint density at radius 3 is 1.76 bits per heavy atom. The molecule has 96 valence electrons. The van der Waals surface area contributed by atoms with E-state index in [0.29, 0.717) is 0 Å². The van der Waals surface area contributed by atoms with Gasteiger partial charge in [-0.25, -0.2) is 0 Å². The van der Waals surface area contributed by atoms with E-state index in [1.807, 2.05) is 0 Å². The van der Waals surface area contributed by atoms with E-state index in [4.69, 9.17) is 0 Å². The van der Waals surface area contributed by atoms with Crippen molar-refractivity contribution in [2.45, 2.75) is 12.4 Å². The molecule has 0 atom stereocenters. The molecule has 0 amide bonds. The van der Waals surface area contributed by atoms with Gasteiger partial charge in [-0.3, -0.25) is 0 Å². The first kappa shape index (κ1) is 13.7. The maximum atomic E-state index is 12.2. The third-order valence-electron chi connectivity index (χ3n) is 2.07. The van der Waals surface area contributed by atoms with Gasteiger partial charge in [0.2, 0.25) is 0 Å². The number of rotatable bonds is 3. The Balaban J connectivity index is 2.70. The van der Waals surface area contributed by atoms with Crippen LogP contribution in [0.25, 0.3) is 0 Å². The number of nitrogens with one attached hydrogen (secondary N) is 1. The van der Waals surface area contributed by atoms with Gasteiger partial charge in [-0.1, -0.05) is 18.2 Å². The molecule has 0 radical (unpaired) electrons. The minimum Gasteiger partial charge on any atom is -0.384 e. The van der Waals surface area contributed by atoms with Gasteiger partial charge in [0.25, 0.3) is 0 Å². The molecule has 1 aromatic carbocycles. The number of hydrogen-bond acceptors (Lipinski definition) is 1. The van der Waals surface area contributed by atoms with Gasteiger partial charge in [0.05, 0.1) is 0 Å². The lowest BCUT2D eigenvalue weighted by Crippen LogP contribution is -2.41. The topological polar surface area (TPSA) is 12.0 Å². The van der Waals surface area contributed by atoms with Crippen LogP contribution < -0.4 is 5.32 Å². The standard InChI is InChI=1S/C10H9F6N/c11-9(12,13)8(10(14,15)16)6-17-7-4-2-1-3-5-7/h1-5,8,17H,6H2. The Morgan fingerprint density at radius 2 is 1.35 bits per heavy atom. The molecular formula is C10H9F6N. The van der Waals surface area contributed by atoms with Crippen LogP contribution in [0.15, 0.2) is 30.3 Å². The van der Waals surface area contributed by atoms with E-state index in [9.17, 15) is 26.3 Å². The van der Waals surface area contributed by atoms with E-state index in [2.05, 4.69) is 5.32 Å². The summed E-state index contributed by atoms with van der Waals surface area (Å²) >= 11 is 0. The second kappa shape index (κ2) is 4.85. The van der Waals surface area contributed by atoms with Gasteiger partial charge >= 0.3 is 12.4 Å². The van der Waals surface area contributed by atoms with Gasteiger partial charge in [0, 0.05) is 12.2 Å². The predicted octanol–water partition coefficient (Wildman–Crippen LogP) is 3.84. The Labute approximate surface area is 93.4 Å². The maximum absolute atomic E-state index is 12.2. The fourth-order valence-corrected chi connectivity index (χ4v) is 1.19. The van der Waals surface area contributed by atoms with Crippen LogP contribution in [0.4, 0.5) is 32.0 Å². The van der Waals surface area contributed by atoms with Crippen molar-refractivity contribution in [2.24, 2.45) is 5.92 Å². The molecule has 0 aliphatic rings. The summed E-state index contributed by atoms with van der Waals surface area (Å²) in [5.74, 6) is -3.37. The Morgan fingerprint density at radius 1 is 0.882 bits per heavy atom. The van der Waals surface area contributed by atoms with Crippen molar-refractivity contribution in [1.29, 1.82) is 0 Å². The molecule has 0 bridgehead atoms. The lowest BCUT2D eigenvalue weighted by molar-refractivity contribution is -0.279. The second-order valence-corrected chi connectivity index (χ2v) is 3.38. The number of halogens is 6. The highest BCUT2D eigenvalue weighted by molar-refractivity contribution is 5.42. The van der Waals surface area contributed by atoms with Crippen LogP contribution in [0.1, 0.15) is 0 Å². The Hall–Kier alpha value is -1.40. The van der Waals surface area contributed by atoms with Crippen molar-refractivity contribution in [3.8, 4) is 0 Å². The lowest BCUT2D eigenvalue weighted by atomic mass is 10.1. The number of hydrogen-bond donors (Lipinski definition) is 1. The van der Waals surface area contributed by atoms with Crippen molar-refractivity contribution < 1.29 is 26.3 Å². The van der Waals surface area contributed by atoms with Gasteiger partial charge in [-0.05, 0) is 12.1 Å². The van der Waals surface area contributed by atoms with Crippen LogP contribution in [0.3, 0.4) is 0 Å². The summed E-state index contributed by atoms with van der Waals surface area (Å²) in [6.07, 6.45) is -10.6. The van der Waals surface area contributed by atoms with Gasteiger partial charge in [0.15, 0.2) is 5.92 Å². The predicted molar refractivity (Wildman–Crippen MR) is 50.5 cm³/mol. The Bertz CT molecular complexity index is 328. The zero-order chi connectivity index (χ0) is 13.1.